The number of alkyl carbamates (subject to hydrolysis) is 1. The number of hydrogen-bond donors (Lipinski definition) is 3. The average Bonchev–Trinajstić information content (AvgIpc) is 3.49. The van der Waals surface area contributed by atoms with Crippen LogP contribution in [0.5, 0.6) is 5.75 Å². The molecular weight excluding hydrogens is 580 g/mol. The van der Waals surface area contributed by atoms with Gasteiger partial charge in [-0.2, -0.15) is 0 Å². The first-order chi connectivity index (χ1) is 20.9. The summed E-state index contributed by atoms with van der Waals surface area (Å²) < 4.78 is 17.9. The van der Waals surface area contributed by atoms with Crippen LogP contribution < -0.4 is 15.4 Å². The Balaban J connectivity index is 1.66. The summed E-state index contributed by atoms with van der Waals surface area (Å²) >= 11 is 0. The van der Waals surface area contributed by atoms with E-state index < -0.39 is 70.8 Å². The smallest absolute Gasteiger partial charge is 0.408 e. The summed E-state index contributed by atoms with van der Waals surface area (Å²) in [6.07, 6.45) is 1.11. The Kier molecular flexibility index (Phi) is 9.48. The molecule has 0 radical (unpaired) electrons. The molecule has 45 heavy (non-hydrogen) atoms. The van der Waals surface area contributed by atoms with E-state index in [1.54, 1.807) is 40.0 Å². The summed E-state index contributed by atoms with van der Waals surface area (Å²) in [6, 6.07) is 6.83. The van der Waals surface area contributed by atoms with Gasteiger partial charge in [-0.25, -0.2) is 9.59 Å². The summed E-state index contributed by atoms with van der Waals surface area (Å²) in [5.41, 5.74) is -2.27. The number of amides is 3. The molecule has 3 unspecified atom stereocenters. The van der Waals surface area contributed by atoms with Gasteiger partial charge in [0.15, 0.2) is 0 Å². The van der Waals surface area contributed by atoms with Crippen LogP contribution in [0.3, 0.4) is 0 Å². The number of benzene rings is 1. The third-order valence-corrected chi connectivity index (χ3v) is 7.73. The van der Waals surface area contributed by atoms with Gasteiger partial charge in [0.1, 0.15) is 35.1 Å². The molecule has 244 valence electrons. The lowest BCUT2D eigenvalue weighted by Gasteiger charge is -2.35. The van der Waals surface area contributed by atoms with Crippen LogP contribution in [-0.2, 0) is 23.9 Å². The van der Waals surface area contributed by atoms with Gasteiger partial charge in [0.2, 0.25) is 11.8 Å². The minimum Gasteiger partial charge on any atom is -0.488 e. The van der Waals surface area contributed by atoms with E-state index in [4.69, 9.17) is 14.2 Å². The zero-order valence-corrected chi connectivity index (χ0v) is 27.0. The fourth-order valence-electron chi connectivity index (χ4n) is 5.66. The third kappa shape index (κ3) is 7.91. The summed E-state index contributed by atoms with van der Waals surface area (Å²) in [6.45, 7) is 15.9. The zero-order valence-electron chi connectivity index (χ0n) is 27.0. The predicted octanol–water partition coefficient (Wildman–Crippen LogP) is 3.83. The zero-order chi connectivity index (χ0) is 33.3. The molecule has 6 atom stereocenters. The number of para-hydroxylation sites is 1. The van der Waals surface area contributed by atoms with E-state index in [9.17, 15) is 24.3 Å². The lowest BCUT2D eigenvalue weighted by atomic mass is 10.1. The van der Waals surface area contributed by atoms with Crippen molar-refractivity contribution in [2.45, 2.75) is 102 Å². The minimum absolute atomic E-state index is 0.00668. The van der Waals surface area contributed by atoms with E-state index in [0.717, 1.165) is 10.9 Å². The van der Waals surface area contributed by atoms with Crippen molar-refractivity contribution in [2.75, 3.05) is 6.54 Å². The van der Waals surface area contributed by atoms with Crippen LogP contribution in [-0.4, -0.2) is 86.4 Å². The SMILES string of the molecule is C=CC1CC1(NC(=O)[C@@H]1C[C@@H](Oc2ccnc3ccccc23)CN1C(=O)C(NC(=O)OC(C)(C)C)[C@H](C)OC(C)(C)C)C(=O)O. The normalized spacial score (nSPS) is 24.3. The highest BCUT2D eigenvalue weighted by Crippen LogP contribution is 2.45. The Bertz CT molecular complexity index is 1460. The first-order valence-corrected chi connectivity index (χ1v) is 15.1. The second kappa shape index (κ2) is 12.7. The van der Waals surface area contributed by atoms with Gasteiger partial charge in [-0.05, 0) is 73.1 Å². The monoisotopic (exact) mass is 624 g/mol. The maximum atomic E-state index is 14.3. The van der Waals surface area contributed by atoms with Gasteiger partial charge in [0.25, 0.3) is 0 Å². The predicted molar refractivity (Wildman–Crippen MR) is 167 cm³/mol. The van der Waals surface area contributed by atoms with Crippen LogP contribution in [0.4, 0.5) is 4.79 Å². The first-order valence-electron chi connectivity index (χ1n) is 15.1. The molecule has 3 amide bonds. The molecule has 2 heterocycles. The van der Waals surface area contributed by atoms with Gasteiger partial charge in [0.05, 0.1) is 23.8 Å². The molecule has 1 saturated heterocycles. The van der Waals surface area contributed by atoms with Crippen LogP contribution in [0.25, 0.3) is 10.9 Å². The van der Waals surface area contributed by atoms with Gasteiger partial charge in [0, 0.05) is 23.9 Å². The van der Waals surface area contributed by atoms with Gasteiger partial charge >= 0.3 is 12.1 Å². The number of likely N-dealkylation sites (tertiary alicyclic amines) is 1. The van der Waals surface area contributed by atoms with Crippen molar-refractivity contribution in [3.05, 3.63) is 49.2 Å². The fraction of sp³-hybridized carbons (Fsp3) is 0.545. The highest BCUT2D eigenvalue weighted by molar-refractivity contribution is 5.96. The number of carboxylic acid groups (broad SMARTS) is 1. The van der Waals surface area contributed by atoms with E-state index in [1.165, 1.54) is 11.0 Å². The Labute approximate surface area is 263 Å². The van der Waals surface area contributed by atoms with Crippen molar-refractivity contribution >= 4 is 34.8 Å². The van der Waals surface area contributed by atoms with Gasteiger partial charge in [-0.1, -0.05) is 18.2 Å². The number of carboxylic acids is 1. The summed E-state index contributed by atoms with van der Waals surface area (Å²) in [7, 11) is 0. The first kappa shape index (κ1) is 33.7. The molecule has 1 saturated carbocycles. The van der Waals surface area contributed by atoms with Gasteiger partial charge in [-0.15, -0.1) is 6.58 Å². The molecule has 4 rings (SSSR count). The Morgan fingerprint density at radius 3 is 2.40 bits per heavy atom. The van der Waals surface area contributed by atoms with Crippen molar-refractivity contribution in [2.24, 2.45) is 5.92 Å². The second-order valence-corrected chi connectivity index (χ2v) is 13.7. The number of aliphatic carboxylic acids is 1. The quantitative estimate of drug-likeness (QED) is 0.334. The molecule has 1 aliphatic heterocycles. The molecule has 1 aromatic carbocycles. The number of ether oxygens (including phenoxy) is 3. The number of rotatable bonds is 10. The molecule has 2 aromatic rings. The van der Waals surface area contributed by atoms with Crippen molar-refractivity contribution < 1.29 is 38.5 Å². The van der Waals surface area contributed by atoms with E-state index in [1.807, 2.05) is 45.0 Å². The van der Waals surface area contributed by atoms with E-state index in [0.29, 0.717) is 5.75 Å². The molecule has 1 aliphatic carbocycles. The number of aromatic nitrogens is 1. The van der Waals surface area contributed by atoms with Crippen LogP contribution in [0.1, 0.15) is 61.3 Å². The molecule has 3 N–H and O–H groups in total. The standard InChI is InChI=1S/C33H44N4O8/c1-9-20-17-33(20,29(40)41)36-27(38)24-16-21(43-25-14-15-34-23-13-11-10-12-22(23)25)18-37(24)28(39)26(19(2)44-31(3,4)5)35-30(42)45-32(6,7)8/h9-15,19-21,24,26H,1,16-18H2,2-8H3,(H,35,42)(H,36,38)(H,40,41)/t19-,20?,21+,24-,26?,33?/m0/s1. The number of nitrogens with one attached hydrogen (secondary N) is 2. The number of nitrogens with zero attached hydrogens (tertiary/aromatic N) is 2. The van der Waals surface area contributed by atoms with Crippen molar-refractivity contribution in [1.82, 2.24) is 20.5 Å². The molecule has 2 fully saturated rings. The van der Waals surface area contributed by atoms with Gasteiger partial charge < -0.3 is 34.9 Å². The lowest BCUT2D eigenvalue weighted by molar-refractivity contribution is -0.148. The third-order valence-electron chi connectivity index (χ3n) is 7.73. The molecule has 12 heteroatoms. The van der Waals surface area contributed by atoms with E-state index >= 15 is 0 Å². The highest BCUT2D eigenvalue weighted by Gasteiger charge is 2.61. The molecule has 0 spiro atoms. The molecule has 1 aromatic heterocycles. The van der Waals surface area contributed by atoms with Crippen molar-refractivity contribution in [1.29, 1.82) is 0 Å². The van der Waals surface area contributed by atoms with E-state index in [2.05, 4.69) is 22.2 Å². The Hall–Kier alpha value is -4.19. The lowest BCUT2D eigenvalue weighted by Crippen LogP contribution is -2.59. The molecule has 12 nitrogen and oxygen atoms in total. The van der Waals surface area contributed by atoms with Crippen LogP contribution >= 0.6 is 0 Å². The fourth-order valence-corrected chi connectivity index (χ4v) is 5.66. The molecular formula is C33H44N4O8. The number of carbonyl (C=O) groups is 4. The number of fused-ring (bicyclic) bond motifs is 1. The summed E-state index contributed by atoms with van der Waals surface area (Å²) in [5, 5.41) is 16.0. The topological polar surface area (TPSA) is 156 Å². The van der Waals surface area contributed by atoms with Gasteiger partial charge in [-0.3, -0.25) is 14.6 Å². The number of carbonyl (C=O) groups excluding carboxylic acids is 3. The summed E-state index contributed by atoms with van der Waals surface area (Å²) in [4.78, 5) is 58.9. The largest absolute Gasteiger partial charge is 0.488 e. The Morgan fingerprint density at radius 1 is 1.11 bits per heavy atom. The summed E-state index contributed by atoms with van der Waals surface area (Å²) in [5.74, 6) is -2.32. The number of pyridine rings is 1. The number of hydrogen-bond acceptors (Lipinski definition) is 8. The maximum Gasteiger partial charge on any atom is 0.408 e. The van der Waals surface area contributed by atoms with Crippen molar-refractivity contribution in [3.8, 4) is 5.75 Å². The van der Waals surface area contributed by atoms with Crippen molar-refractivity contribution in [3.63, 3.8) is 0 Å². The van der Waals surface area contributed by atoms with E-state index in [-0.39, 0.29) is 19.4 Å². The minimum atomic E-state index is -1.50. The maximum absolute atomic E-state index is 14.3. The second-order valence-electron chi connectivity index (χ2n) is 13.7. The molecule has 2 aliphatic rings. The van der Waals surface area contributed by atoms with Crippen LogP contribution in [0.15, 0.2) is 49.2 Å². The highest BCUT2D eigenvalue weighted by atomic mass is 16.6. The van der Waals surface area contributed by atoms with Crippen LogP contribution in [0, 0.1) is 5.92 Å². The molecule has 0 bridgehead atoms. The average molecular weight is 625 g/mol. The Morgan fingerprint density at radius 2 is 1.80 bits per heavy atom. The van der Waals surface area contributed by atoms with Crippen LogP contribution in [0.2, 0.25) is 0 Å².